The molecule has 1 aromatic carbocycles. The molecule has 0 aliphatic carbocycles. The van der Waals surface area contributed by atoms with Gasteiger partial charge in [-0.1, -0.05) is 0 Å². The molecule has 0 aliphatic rings. The molecule has 1 atom stereocenters. The summed E-state index contributed by atoms with van der Waals surface area (Å²) in [5, 5.41) is 8.63. The summed E-state index contributed by atoms with van der Waals surface area (Å²) in [6.07, 6.45) is -8.01. The Hall–Kier alpha value is -1.17. The molecule has 0 aromatic heterocycles. The van der Waals surface area contributed by atoms with E-state index in [9.17, 15) is 22.0 Å². The molecule has 78 valence electrons. The van der Waals surface area contributed by atoms with Crippen LogP contribution in [0, 0.1) is 11.6 Å². The molecule has 1 aromatic rings. The van der Waals surface area contributed by atoms with Crippen LogP contribution < -0.4 is 0 Å². The third-order valence-corrected chi connectivity index (χ3v) is 1.56. The second kappa shape index (κ2) is 3.53. The minimum absolute atomic E-state index is 0.313. The third kappa shape index (κ3) is 2.20. The molecule has 14 heavy (non-hydrogen) atoms. The van der Waals surface area contributed by atoms with Crippen molar-refractivity contribution in [1.82, 2.24) is 0 Å². The molecule has 0 amide bonds. The number of aliphatic hydroxyl groups is 1. The van der Waals surface area contributed by atoms with Gasteiger partial charge in [-0.15, -0.1) is 0 Å². The minimum atomic E-state index is -5.01. The van der Waals surface area contributed by atoms with Crippen molar-refractivity contribution in [2.75, 3.05) is 0 Å². The van der Waals surface area contributed by atoms with Crippen LogP contribution in [0.3, 0.4) is 0 Å². The summed E-state index contributed by atoms with van der Waals surface area (Å²) in [5.74, 6) is -2.33. The first-order chi connectivity index (χ1) is 6.32. The fraction of sp³-hybridized carbons (Fsp3) is 0.250. The van der Waals surface area contributed by atoms with Crippen molar-refractivity contribution in [3.05, 3.63) is 35.4 Å². The van der Waals surface area contributed by atoms with E-state index in [1.165, 1.54) is 0 Å². The average molecular weight is 212 g/mol. The van der Waals surface area contributed by atoms with Crippen LogP contribution in [0.1, 0.15) is 11.7 Å². The Kier molecular flexibility index (Phi) is 2.75. The van der Waals surface area contributed by atoms with Crippen molar-refractivity contribution in [3.63, 3.8) is 0 Å². The Morgan fingerprint density at radius 1 is 1.14 bits per heavy atom. The van der Waals surface area contributed by atoms with Crippen molar-refractivity contribution in [1.29, 1.82) is 0 Å². The number of benzene rings is 1. The maximum atomic E-state index is 12.7. The fourth-order valence-electron chi connectivity index (χ4n) is 0.900. The summed E-state index contributed by atoms with van der Waals surface area (Å²) in [6.45, 7) is 0. The molecule has 0 unspecified atom stereocenters. The van der Waals surface area contributed by atoms with Crippen LogP contribution in [0.2, 0.25) is 0 Å². The van der Waals surface area contributed by atoms with Gasteiger partial charge in [-0.25, -0.2) is 8.78 Å². The van der Waals surface area contributed by atoms with Gasteiger partial charge in [0.25, 0.3) is 0 Å². The molecular formula is C8H5F5O. The van der Waals surface area contributed by atoms with Gasteiger partial charge in [0.05, 0.1) is 0 Å². The molecule has 0 bridgehead atoms. The molecule has 1 nitrogen and oxygen atoms in total. The van der Waals surface area contributed by atoms with E-state index in [1.807, 2.05) is 0 Å². The van der Waals surface area contributed by atoms with E-state index >= 15 is 0 Å². The van der Waals surface area contributed by atoms with Crippen molar-refractivity contribution >= 4 is 0 Å². The maximum Gasteiger partial charge on any atom is 0.418 e. The lowest BCUT2D eigenvalue weighted by molar-refractivity contribution is -0.207. The first kappa shape index (κ1) is 10.9. The number of aliphatic hydroxyl groups excluding tert-OH is 1. The predicted molar refractivity (Wildman–Crippen MR) is 37.4 cm³/mol. The molecule has 1 rings (SSSR count). The van der Waals surface area contributed by atoms with Crippen molar-refractivity contribution in [2.24, 2.45) is 0 Å². The Morgan fingerprint density at radius 2 is 1.71 bits per heavy atom. The topological polar surface area (TPSA) is 20.2 Å². The van der Waals surface area contributed by atoms with Gasteiger partial charge in [-0.3, -0.25) is 0 Å². The van der Waals surface area contributed by atoms with Crippen LogP contribution >= 0.6 is 0 Å². The first-order valence-corrected chi connectivity index (χ1v) is 3.52. The number of alkyl halides is 3. The summed E-state index contributed by atoms with van der Waals surface area (Å²) in [7, 11) is 0. The van der Waals surface area contributed by atoms with Crippen molar-refractivity contribution in [3.8, 4) is 0 Å². The van der Waals surface area contributed by atoms with Gasteiger partial charge in [0.1, 0.15) is 11.6 Å². The van der Waals surface area contributed by atoms with Gasteiger partial charge in [-0.2, -0.15) is 13.2 Å². The van der Waals surface area contributed by atoms with Crippen LogP contribution in [-0.4, -0.2) is 11.3 Å². The number of hydrogen-bond donors (Lipinski definition) is 1. The number of rotatable bonds is 1. The van der Waals surface area contributed by atoms with Gasteiger partial charge in [-0.05, 0) is 18.2 Å². The maximum absolute atomic E-state index is 12.7. The predicted octanol–water partition coefficient (Wildman–Crippen LogP) is 2.56. The minimum Gasteiger partial charge on any atom is -0.379 e. The molecular weight excluding hydrogens is 207 g/mol. The lowest BCUT2D eigenvalue weighted by Gasteiger charge is -2.15. The molecule has 1 N–H and O–H groups in total. The Morgan fingerprint density at radius 3 is 2.21 bits per heavy atom. The van der Waals surface area contributed by atoms with Crippen molar-refractivity contribution < 1.29 is 27.1 Å². The van der Waals surface area contributed by atoms with Crippen molar-refractivity contribution in [2.45, 2.75) is 12.3 Å². The molecule has 0 saturated heterocycles. The van der Waals surface area contributed by atoms with E-state index < -0.39 is 29.5 Å². The van der Waals surface area contributed by atoms with Crippen LogP contribution in [0.5, 0.6) is 0 Å². The van der Waals surface area contributed by atoms with E-state index in [4.69, 9.17) is 5.11 Å². The zero-order chi connectivity index (χ0) is 10.9. The molecule has 6 heteroatoms. The average Bonchev–Trinajstić information content (AvgIpc) is 2.06. The van der Waals surface area contributed by atoms with E-state index in [1.54, 1.807) is 0 Å². The highest BCUT2D eigenvalue weighted by molar-refractivity contribution is 5.22. The SMILES string of the molecule is O[C@@H](c1cc(F)ccc1F)C(F)(F)F. The summed E-state index contributed by atoms with van der Waals surface area (Å²) in [6, 6.07) is 1.51. The standard InChI is InChI=1S/C8H5F5O/c9-4-1-2-6(10)5(3-4)7(14)8(11,12)13/h1-3,7,14H/t7-/m0/s1. The summed E-state index contributed by atoms with van der Waals surface area (Å²) in [4.78, 5) is 0. The Bertz CT molecular complexity index is 333. The molecule has 0 radical (unpaired) electrons. The number of halogens is 5. The van der Waals surface area contributed by atoms with E-state index in [0.29, 0.717) is 18.2 Å². The Balaban J connectivity index is 3.12. The highest BCUT2D eigenvalue weighted by Gasteiger charge is 2.40. The molecule has 0 aliphatic heterocycles. The van der Waals surface area contributed by atoms with Gasteiger partial charge < -0.3 is 5.11 Å². The molecule has 0 heterocycles. The van der Waals surface area contributed by atoms with Crippen LogP contribution in [-0.2, 0) is 0 Å². The second-order valence-corrected chi connectivity index (χ2v) is 2.61. The van der Waals surface area contributed by atoms with E-state index in [0.717, 1.165) is 0 Å². The lowest BCUT2D eigenvalue weighted by atomic mass is 10.1. The lowest BCUT2D eigenvalue weighted by Crippen LogP contribution is -2.21. The van der Waals surface area contributed by atoms with Gasteiger partial charge in [0.2, 0.25) is 0 Å². The van der Waals surface area contributed by atoms with Crippen LogP contribution in [0.15, 0.2) is 18.2 Å². The molecule has 0 fully saturated rings. The zero-order valence-electron chi connectivity index (χ0n) is 6.65. The Labute approximate surface area is 75.8 Å². The third-order valence-electron chi connectivity index (χ3n) is 1.56. The molecule has 0 spiro atoms. The summed E-state index contributed by atoms with van der Waals surface area (Å²) in [5.41, 5.74) is -1.11. The first-order valence-electron chi connectivity index (χ1n) is 3.52. The molecule has 0 saturated carbocycles. The summed E-state index contributed by atoms with van der Waals surface area (Å²) < 4.78 is 60.9. The van der Waals surface area contributed by atoms with Crippen LogP contribution in [0.4, 0.5) is 22.0 Å². The second-order valence-electron chi connectivity index (χ2n) is 2.61. The summed E-state index contributed by atoms with van der Waals surface area (Å²) >= 11 is 0. The normalized spacial score (nSPS) is 14.1. The van der Waals surface area contributed by atoms with Gasteiger partial charge in [0.15, 0.2) is 6.10 Å². The fourth-order valence-corrected chi connectivity index (χ4v) is 0.900. The van der Waals surface area contributed by atoms with Gasteiger partial charge >= 0.3 is 6.18 Å². The number of hydrogen-bond acceptors (Lipinski definition) is 1. The highest BCUT2D eigenvalue weighted by Crippen LogP contribution is 2.33. The monoisotopic (exact) mass is 212 g/mol. The van der Waals surface area contributed by atoms with E-state index in [2.05, 4.69) is 0 Å². The quantitative estimate of drug-likeness (QED) is 0.709. The highest BCUT2D eigenvalue weighted by atomic mass is 19.4. The zero-order valence-corrected chi connectivity index (χ0v) is 6.65. The smallest absolute Gasteiger partial charge is 0.379 e. The largest absolute Gasteiger partial charge is 0.418 e. The van der Waals surface area contributed by atoms with Crippen LogP contribution in [0.25, 0.3) is 0 Å². The van der Waals surface area contributed by atoms with E-state index in [-0.39, 0.29) is 0 Å². The van der Waals surface area contributed by atoms with Gasteiger partial charge in [0, 0.05) is 5.56 Å².